The van der Waals surface area contributed by atoms with Crippen LogP contribution in [0.25, 0.3) is 0 Å². The molecule has 0 saturated carbocycles. The highest BCUT2D eigenvalue weighted by atomic mass is 16.5. The second-order valence-electron chi connectivity index (χ2n) is 4.60. The van der Waals surface area contributed by atoms with Crippen LogP contribution in [0.2, 0.25) is 0 Å². The average Bonchev–Trinajstić information content (AvgIpc) is 3.00. The molecule has 3 rings (SSSR count). The third kappa shape index (κ3) is 3.09. The molecule has 0 unspecified atom stereocenters. The summed E-state index contributed by atoms with van der Waals surface area (Å²) in [5.41, 5.74) is 1.26. The van der Waals surface area contributed by atoms with Crippen LogP contribution < -0.4 is 15.0 Å². The Balaban J connectivity index is 1.58. The molecule has 1 N–H and O–H groups in total. The van der Waals surface area contributed by atoms with E-state index in [2.05, 4.69) is 22.3 Å². The maximum atomic E-state index is 5.67. The first-order valence-electron chi connectivity index (χ1n) is 6.63. The van der Waals surface area contributed by atoms with Gasteiger partial charge in [-0.1, -0.05) is 0 Å². The minimum absolute atomic E-state index is 0.472. The van der Waals surface area contributed by atoms with E-state index in [-0.39, 0.29) is 0 Å². The number of hydrogen-bond donors (Lipinski definition) is 1. The Kier molecular flexibility index (Phi) is 3.70. The number of piperazine rings is 1. The van der Waals surface area contributed by atoms with E-state index in [1.54, 1.807) is 6.26 Å². The Morgan fingerprint density at radius 1 is 1.11 bits per heavy atom. The van der Waals surface area contributed by atoms with Crippen LogP contribution in [0.3, 0.4) is 0 Å². The van der Waals surface area contributed by atoms with Gasteiger partial charge in [0.25, 0.3) is 0 Å². The average molecular weight is 258 g/mol. The van der Waals surface area contributed by atoms with Crippen molar-refractivity contribution in [2.24, 2.45) is 0 Å². The van der Waals surface area contributed by atoms with E-state index in [1.165, 1.54) is 5.69 Å². The van der Waals surface area contributed by atoms with Crippen molar-refractivity contribution in [3.05, 3.63) is 48.4 Å². The van der Waals surface area contributed by atoms with Crippen molar-refractivity contribution in [1.29, 1.82) is 0 Å². The van der Waals surface area contributed by atoms with Gasteiger partial charge >= 0.3 is 0 Å². The van der Waals surface area contributed by atoms with E-state index in [0.29, 0.717) is 6.61 Å². The predicted octanol–water partition coefficient (Wildman–Crippen LogP) is 2.27. The lowest BCUT2D eigenvalue weighted by molar-refractivity contribution is 0.270. The number of nitrogens with zero attached hydrogens (tertiary/aromatic N) is 1. The summed E-state index contributed by atoms with van der Waals surface area (Å²) >= 11 is 0. The van der Waals surface area contributed by atoms with Crippen molar-refractivity contribution < 1.29 is 9.15 Å². The maximum absolute atomic E-state index is 5.67. The van der Waals surface area contributed by atoms with Gasteiger partial charge in [-0.3, -0.25) is 0 Å². The smallest absolute Gasteiger partial charge is 0.146 e. The van der Waals surface area contributed by atoms with Gasteiger partial charge in [0.15, 0.2) is 0 Å². The van der Waals surface area contributed by atoms with Crippen LogP contribution >= 0.6 is 0 Å². The van der Waals surface area contributed by atoms with Crippen molar-refractivity contribution in [1.82, 2.24) is 5.32 Å². The Labute approximate surface area is 113 Å². The predicted molar refractivity (Wildman–Crippen MR) is 74.6 cm³/mol. The summed E-state index contributed by atoms with van der Waals surface area (Å²) in [5, 5.41) is 3.35. The molecule has 0 aliphatic carbocycles. The number of hydrogen-bond acceptors (Lipinski definition) is 4. The zero-order valence-corrected chi connectivity index (χ0v) is 10.8. The van der Waals surface area contributed by atoms with Gasteiger partial charge in [-0.15, -0.1) is 0 Å². The monoisotopic (exact) mass is 258 g/mol. The SMILES string of the molecule is c1coc(COc2ccc(N3CCNCC3)cc2)c1. The van der Waals surface area contributed by atoms with Crippen LogP contribution in [0.5, 0.6) is 5.75 Å². The van der Waals surface area contributed by atoms with Crippen molar-refractivity contribution >= 4 is 5.69 Å². The minimum Gasteiger partial charge on any atom is -0.486 e. The van der Waals surface area contributed by atoms with E-state index in [1.807, 2.05) is 24.3 Å². The van der Waals surface area contributed by atoms with Crippen molar-refractivity contribution in [3.63, 3.8) is 0 Å². The first kappa shape index (κ1) is 12.1. The molecule has 2 heterocycles. The summed E-state index contributed by atoms with van der Waals surface area (Å²) in [6, 6.07) is 12.0. The van der Waals surface area contributed by atoms with E-state index < -0.39 is 0 Å². The van der Waals surface area contributed by atoms with E-state index in [9.17, 15) is 0 Å². The normalized spacial score (nSPS) is 15.5. The lowest BCUT2D eigenvalue weighted by atomic mass is 10.2. The molecule has 1 aromatic heterocycles. The molecule has 100 valence electrons. The summed E-state index contributed by atoms with van der Waals surface area (Å²) in [6.07, 6.45) is 1.66. The van der Waals surface area contributed by atoms with Gasteiger partial charge in [-0.05, 0) is 36.4 Å². The molecule has 1 saturated heterocycles. The molecular formula is C15H18N2O2. The van der Waals surface area contributed by atoms with Gasteiger partial charge < -0.3 is 19.4 Å². The molecular weight excluding hydrogens is 240 g/mol. The number of nitrogens with one attached hydrogen (secondary N) is 1. The summed E-state index contributed by atoms with van der Waals surface area (Å²) in [4.78, 5) is 2.38. The highest BCUT2D eigenvalue weighted by molar-refractivity contribution is 5.49. The van der Waals surface area contributed by atoms with E-state index in [4.69, 9.17) is 9.15 Å². The van der Waals surface area contributed by atoms with Gasteiger partial charge in [0, 0.05) is 31.9 Å². The van der Waals surface area contributed by atoms with Gasteiger partial charge in [0.2, 0.25) is 0 Å². The molecule has 1 aliphatic heterocycles. The summed E-state index contributed by atoms with van der Waals surface area (Å²) in [6.45, 7) is 4.70. The zero-order chi connectivity index (χ0) is 12.9. The van der Waals surface area contributed by atoms with Crippen LogP contribution in [0.15, 0.2) is 47.1 Å². The molecule has 19 heavy (non-hydrogen) atoms. The molecule has 0 spiro atoms. The standard InChI is InChI=1S/C15H18N2O2/c1-2-15(18-11-1)12-19-14-5-3-13(4-6-14)17-9-7-16-8-10-17/h1-6,11,16H,7-10,12H2. The van der Waals surface area contributed by atoms with Crippen LogP contribution in [0.4, 0.5) is 5.69 Å². The Morgan fingerprint density at radius 2 is 1.89 bits per heavy atom. The number of benzene rings is 1. The lowest BCUT2D eigenvalue weighted by Gasteiger charge is -2.29. The fourth-order valence-electron chi connectivity index (χ4n) is 2.23. The van der Waals surface area contributed by atoms with Crippen LogP contribution in [-0.4, -0.2) is 26.2 Å². The zero-order valence-electron chi connectivity index (χ0n) is 10.8. The van der Waals surface area contributed by atoms with Gasteiger partial charge in [0.05, 0.1) is 6.26 Å². The second kappa shape index (κ2) is 5.80. The highest BCUT2D eigenvalue weighted by Gasteiger charge is 2.10. The fourth-order valence-corrected chi connectivity index (χ4v) is 2.23. The minimum atomic E-state index is 0.472. The summed E-state index contributed by atoms with van der Waals surface area (Å²) in [5.74, 6) is 1.71. The molecule has 4 heteroatoms. The first-order valence-corrected chi connectivity index (χ1v) is 6.63. The summed E-state index contributed by atoms with van der Waals surface area (Å²) in [7, 11) is 0. The largest absolute Gasteiger partial charge is 0.486 e. The molecule has 4 nitrogen and oxygen atoms in total. The molecule has 0 bridgehead atoms. The summed E-state index contributed by atoms with van der Waals surface area (Å²) < 4.78 is 10.9. The number of ether oxygens (including phenoxy) is 1. The van der Waals surface area contributed by atoms with Crippen molar-refractivity contribution in [2.45, 2.75) is 6.61 Å². The highest BCUT2D eigenvalue weighted by Crippen LogP contribution is 2.20. The molecule has 1 aromatic carbocycles. The van der Waals surface area contributed by atoms with E-state index in [0.717, 1.165) is 37.7 Å². The Morgan fingerprint density at radius 3 is 2.58 bits per heavy atom. The first-order chi connectivity index (χ1) is 9.42. The second-order valence-corrected chi connectivity index (χ2v) is 4.60. The van der Waals surface area contributed by atoms with Gasteiger partial charge in [-0.2, -0.15) is 0 Å². The van der Waals surface area contributed by atoms with E-state index >= 15 is 0 Å². The molecule has 0 atom stereocenters. The Bertz CT molecular complexity index is 487. The van der Waals surface area contributed by atoms with Crippen LogP contribution in [-0.2, 0) is 6.61 Å². The maximum Gasteiger partial charge on any atom is 0.146 e. The fraction of sp³-hybridized carbons (Fsp3) is 0.333. The lowest BCUT2D eigenvalue weighted by Crippen LogP contribution is -2.43. The van der Waals surface area contributed by atoms with Gasteiger partial charge in [0.1, 0.15) is 18.1 Å². The third-order valence-corrected chi connectivity index (χ3v) is 3.28. The quantitative estimate of drug-likeness (QED) is 0.913. The molecule has 0 radical (unpaired) electrons. The number of rotatable bonds is 4. The Hall–Kier alpha value is -1.94. The molecule has 2 aromatic rings. The number of anilines is 1. The van der Waals surface area contributed by atoms with Gasteiger partial charge in [-0.25, -0.2) is 0 Å². The van der Waals surface area contributed by atoms with Crippen LogP contribution in [0, 0.1) is 0 Å². The third-order valence-electron chi connectivity index (χ3n) is 3.28. The van der Waals surface area contributed by atoms with Crippen molar-refractivity contribution in [2.75, 3.05) is 31.1 Å². The molecule has 1 aliphatic rings. The van der Waals surface area contributed by atoms with Crippen LogP contribution in [0.1, 0.15) is 5.76 Å². The van der Waals surface area contributed by atoms with Crippen molar-refractivity contribution in [3.8, 4) is 5.75 Å². The molecule has 1 fully saturated rings. The number of furan rings is 1. The molecule has 0 amide bonds. The topological polar surface area (TPSA) is 37.6 Å².